The van der Waals surface area contributed by atoms with Gasteiger partial charge >= 0.3 is 0 Å². The van der Waals surface area contributed by atoms with Gasteiger partial charge in [0.05, 0.1) is 36.8 Å². The summed E-state index contributed by atoms with van der Waals surface area (Å²) in [7, 11) is 0. The van der Waals surface area contributed by atoms with Crippen molar-refractivity contribution >= 4 is 34.4 Å². The molecule has 3 fully saturated rings. The lowest BCUT2D eigenvalue weighted by atomic mass is 9.56. The molecule has 0 radical (unpaired) electrons. The van der Waals surface area contributed by atoms with Crippen LogP contribution in [0.1, 0.15) is 35.4 Å². The zero-order valence-corrected chi connectivity index (χ0v) is 24.6. The maximum atomic E-state index is 14.3. The highest BCUT2D eigenvalue weighted by Gasteiger charge is 2.62. The Hall–Kier alpha value is -5.04. The first kappa shape index (κ1) is 27.5. The van der Waals surface area contributed by atoms with Gasteiger partial charge < -0.3 is 5.11 Å². The van der Waals surface area contributed by atoms with Gasteiger partial charge in [-0.2, -0.15) is 0 Å². The Morgan fingerprint density at radius 2 is 1.18 bits per heavy atom. The molecule has 4 aromatic rings. The fourth-order valence-corrected chi connectivity index (χ4v) is 8.49. The first-order chi connectivity index (χ1) is 21.9. The van der Waals surface area contributed by atoms with Gasteiger partial charge in [0.2, 0.25) is 23.6 Å². The third-order valence-electron chi connectivity index (χ3n) is 10.5. The van der Waals surface area contributed by atoms with Crippen LogP contribution in [0.2, 0.25) is 0 Å². The summed E-state index contributed by atoms with van der Waals surface area (Å²) >= 11 is 0. The summed E-state index contributed by atoms with van der Waals surface area (Å²) in [5.41, 5.74) is 3.22. The highest BCUT2D eigenvalue weighted by atomic mass is 16.3. The van der Waals surface area contributed by atoms with Crippen molar-refractivity contribution in [2.45, 2.75) is 31.8 Å². The molecule has 2 saturated heterocycles. The van der Waals surface area contributed by atoms with E-state index < -0.39 is 35.5 Å². The Bertz CT molecular complexity index is 1900. The van der Waals surface area contributed by atoms with Crippen LogP contribution < -0.4 is 0 Å². The van der Waals surface area contributed by atoms with Crippen LogP contribution in [0.3, 0.4) is 0 Å². The molecule has 7 heteroatoms. The Labute approximate surface area is 260 Å². The van der Waals surface area contributed by atoms with Crippen molar-refractivity contribution in [3.8, 4) is 5.75 Å². The second-order valence-electron chi connectivity index (χ2n) is 12.7. The number of aromatic hydroxyl groups is 1. The summed E-state index contributed by atoms with van der Waals surface area (Å²) in [6.45, 7) is 0.368. The Balaban J connectivity index is 1.24. The van der Waals surface area contributed by atoms with E-state index in [1.807, 2.05) is 97.1 Å². The fourth-order valence-electron chi connectivity index (χ4n) is 8.49. The molecular weight excluding hydrogens is 564 g/mol. The molecule has 2 heterocycles. The molecule has 224 valence electrons. The molecule has 6 atom stereocenters. The quantitative estimate of drug-likeness (QED) is 0.240. The average molecular weight is 597 g/mol. The van der Waals surface area contributed by atoms with Crippen molar-refractivity contribution < 1.29 is 24.3 Å². The first-order valence-electron chi connectivity index (χ1n) is 15.6. The summed E-state index contributed by atoms with van der Waals surface area (Å²) in [5, 5.41) is 13.2. The van der Waals surface area contributed by atoms with E-state index >= 15 is 0 Å². The van der Waals surface area contributed by atoms with E-state index in [2.05, 4.69) is 0 Å². The molecule has 45 heavy (non-hydrogen) atoms. The molecule has 1 N–H and O–H groups in total. The van der Waals surface area contributed by atoms with Crippen LogP contribution in [0, 0.1) is 29.6 Å². The third-order valence-corrected chi connectivity index (χ3v) is 10.5. The van der Waals surface area contributed by atoms with Crippen LogP contribution in [0.25, 0.3) is 10.8 Å². The second-order valence-corrected chi connectivity index (χ2v) is 12.7. The van der Waals surface area contributed by atoms with Gasteiger partial charge in [0.15, 0.2) is 0 Å². The van der Waals surface area contributed by atoms with E-state index in [1.165, 1.54) is 9.80 Å². The molecular formula is C38H32N2O5. The molecule has 2 aliphatic carbocycles. The van der Waals surface area contributed by atoms with Gasteiger partial charge in [0, 0.05) is 11.5 Å². The van der Waals surface area contributed by atoms with Crippen LogP contribution in [-0.4, -0.2) is 38.5 Å². The minimum atomic E-state index is -0.718. The van der Waals surface area contributed by atoms with E-state index in [0.29, 0.717) is 18.4 Å². The lowest BCUT2D eigenvalue weighted by molar-refractivity contribution is -0.142. The van der Waals surface area contributed by atoms with E-state index in [4.69, 9.17) is 0 Å². The largest absolute Gasteiger partial charge is 0.508 e. The lowest BCUT2D eigenvalue weighted by Gasteiger charge is -2.44. The highest BCUT2D eigenvalue weighted by Crippen LogP contribution is 2.59. The van der Waals surface area contributed by atoms with Gasteiger partial charge in [0.25, 0.3) is 0 Å². The molecule has 4 aliphatic rings. The number of imide groups is 2. The summed E-state index contributed by atoms with van der Waals surface area (Å²) < 4.78 is 0. The topological polar surface area (TPSA) is 95.0 Å². The molecule has 0 bridgehead atoms. The van der Waals surface area contributed by atoms with Gasteiger partial charge in [-0.05, 0) is 46.7 Å². The standard InChI is InChI=1S/C38H32N2O5/c41-30-18-15-24-13-7-8-14-25(24)32(30)33-26-16-17-27-31(37(44)39(35(27)42)20-22-9-3-1-4-10-22)28(26)19-29-34(33)38(45)40(36(29)43)21-23-11-5-2-6-12-23/h1-16,18,27-29,31,33-34,41H,17,19-21H2/t27-,28+,29+,31-,33+,34+/m0/s1. The zero-order valence-electron chi connectivity index (χ0n) is 24.6. The maximum absolute atomic E-state index is 14.3. The predicted molar refractivity (Wildman–Crippen MR) is 167 cm³/mol. The van der Waals surface area contributed by atoms with Crippen molar-refractivity contribution in [2.75, 3.05) is 0 Å². The summed E-state index contributed by atoms with van der Waals surface area (Å²) in [6, 6.07) is 30.2. The van der Waals surface area contributed by atoms with Crippen molar-refractivity contribution in [3.05, 3.63) is 125 Å². The molecule has 7 nitrogen and oxygen atoms in total. The third kappa shape index (κ3) is 4.25. The highest BCUT2D eigenvalue weighted by molar-refractivity contribution is 6.08. The number of benzene rings is 4. The monoisotopic (exact) mass is 596 g/mol. The number of carbonyl (C=O) groups is 4. The first-order valence-corrected chi connectivity index (χ1v) is 15.6. The van der Waals surface area contributed by atoms with Gasteiger partial charge in [-0.1, -0.05) is 103 Å². The number of carbonyl (C=O) groups excluding carboxylic acids is 4. The minimum absolute atomic E-state index is 0.0578. The van der Waals surface area contributed by atoms with E-state index in [0.717, 1.165) is 27.5 Å². The normalized spacial score (nSPS) is 27.4. The number of fused-ring (bicyclic) bond motifs is 5. The van der Waals surface area contributed by atoms with Gasteiger partial charge in [-0.3, -0.25) is 29.0 Å². The SMILES string of the molecule is O=C1[C@H]2[C@H](CC=C3[C@H]2C[C@H]2C(=O)N(Cc4ccccc4)C(=O)[C@H]2[C@H]3c2c(O)ccc3ccccc23)C(=O)N1Cc1ccccc1. The summed E-state index contributed by atoms with van der Waals surface area (Å²) in [4.78, 5) is 59.1. The number of phenolic OH excluding ortho intramolecular Hbond substituents is 1. The maximum Gasteiger partial charge on any atom is 0.234 e. The van der Waals surface area contributed by atoms with Crippen molar-refractivity contribution in [1.82, 2.24) is 9.80 Å². The van der Waals surface area contributed by atoms with Crippen LogP contribution in [-0.2, 0) is 32.3 Å². The Morgan fingerprint density at radius 1 is 0.600 bits per heavy atom. The number of phenols is 1. The molecule has 1 saturated carbocycles. The molecule has 2 aliphatic heterocycles. The van der Waals surface area contributed by atoms with Crippen LogP contribution in [0.4, 0.5) is 0 Å². The van der Waals surface area contributed by atoms with Gasteiger partial charge in [-0.15, -0.1) is 0 Å². The number of likely N-dealkylation sites (tertiary alicyclic amines) is 2. The number of rotatable bonds is 5. The van der Waals surface area contributed by atoms with E-state index in [-0.39, 0.29) is 42.5 Å². The van der Waals surface area contributed by atoms with Crippen LogP contribution in [0.15, 0.2) is 109 Å². The van der Waals surface area contributed by atoms with E-state index in [1.54, 1.807) is 6.07 Å². The summed E-state index contributed by atoms with van der Waals surface area (Å²) in [5.74, 6) is -4.39. The molecule has 0 aromatic heterocycles. The number of amides is 4. The molecule has 8 rings (SSSR count). The average Bonchev–Trinajstić information content (AvgIpc) is 3.45. The minimum Gasteiger partial charge on any atom is -0.508 e. The number of hydrogen-bond donors (Lipinski definition) is 1. The van der Waals surface area contributed by atoms with E-state index in [9.17, 15) is 24.3 Å². The van der Waals surface area contributed by atoms with Crippen molar-refractivity contribution in [1.29, 1.82) is 0 Å². The number of nitrogens with zero attached hydrogens (tertiary/aromatic N) is 2. The van der Waals surface area contributed by atoms with Gasteiger partial charge in [0.1, 0.15) is 5.75 Å². The van der Waals surface area contributed by atoms with Crippen molar-refractivity contribution in [2.24, 2.45) is 29.6 Å². The smallest absolute Gasteiger partial charge is 0.234 e. The molecule has 4 amide bonds. The molecule has 0 unspecified atom stereocenters. The number of allylic oxidation sites excluding steroid dienone is 2. The Kier molecular flexibility index (Phi) is 6.45. The summed E-state index contributed by atoms with van der Waals surface area (Å²) in [6.07, 6.45) is 2.72. The van der Waals surface area contributed by atoms with Crippen molar-refractivity contribution in [3.63, 3.8) is 0 Å². The van der Waals surface area contributed by atoms with Crippen LogP contribution >= 0.6 is 0 Å². The van der Waals surface area contributed by atoms with Gasteiger partial charge in [-0.25, -0.2) is 0 Å². The second kappa shape index (κ2) is 10.5. The lowest BCUT2D eigenvalue weighted by Crippen LogP contribution is -2.43. The fraction of sp³-hybridized carbons (Fsp3) is 0.263. The van der Waals surface area contributed by atoms with Crippen LogP contribution in [0.5, 0.6) is 5.75 Å². The number of hydrogen-bond acceptors (Lipinski definition) is 5. The zero-order chi connectivity index (χ0) is 30.8. The Morgan fingerprint density at radius 3 is 1.84 bits per heavy atom. The molecule has 0 spiro atoms. The predicted octanol–water partition coefficient (Wildman–Crippen LogP) is 5.58. The molecule has 4 aromatic carbocycles.